The summed E-state index contributed by atoms with van der Waals surface area (Å²) < 4.78 is 0. The molecule has 3 atom stereocenters. The minimum atomic E-state index is -0.492. The van der Waals surface area contributed by atoms with E-state index < -0.39 is 4.92 Å². The molecule has 2 aromatic rings. The lowest BCUT2D eigenvalue weighted by molar-refractivity contribution is -0.385. The summed E-state index contributed by atoms with van der Waals surface area (Å²) in [5, 5.41) is 27.1. The Hall–Kier alpha value is -2.53. The highest BCUT2D eigenvalue weighted by Gasteiger charge is 2.42. The molecule has 1 N–H and O–H groups in total. The van der Waals surface area contributed by atoms with Crippen LogP contribution in [0.3, 0.4) is 0 Å². The fourth-order valence-electron chi connectivity index (χ4n) is 3.87. The van der Waals surface area contributed by atoms with Gasteiger partial charge in [0.05, 0.1) is 16.5 Å². The van der Waals surface area contributed by atoms with Gasteiger partial charge in [-0.2, -0.15) is 0 Å². The highest BCUT2D eigenvalue weighted by atomic mass is 35.5. The number of anilines is 1. The Labute approximate surface area is 143 Å². The molecule has 0 radical (unpaired) electrons. The van der Waals surface area contributed by atoms with Crippen LogP contribution < -0.4 is 10.4 Å². The zero-order valence-corrected chi connectivity index (χ0v) is 13.4. The van der Waals surface area contributed by atoms with Gasteiger partial charge in [-0.1, -0.05) is 59.8 Å². The largest absolute Gasteiger partial charge is 0.871 e. The maximum atomic E-state index is 12.4. The van der Waals surface area contributed by atoms with Crippen LogP contribution >= 0.6 is 11.6 Å². The smallest absolute Gasteiger partial charge is 0.293 e. The topological polar surface area (TPSA) is 78.2 Å². The molecule has 2 aromatic carbocycles. The van der Waals surface area contributed by atoms with Crippen molar-refractivity contribution in [3.8, 4) is 5.75 Å². The van der Waals surface area contributed by atoms with E-state index in [9.17, 15) is 15.2 Å². The van der Waals surface area contributed by atoms with Gasteiger partial charge < -0.3 is 10.4 Å². The normalized spacial score (nSPS) is 24.1. The average molecular weight is 342 g/mol. The van der Waals surface area contributed by atoms with E-state index in [1.54, 1.807) is 0 Å². The van der Waals surface area contributed by atoms with E-state index in [4.69, 9.17) is 11.6 Å². The molecule has 0 saturated carbocycles. The van der Waals surface area contributed by atoms with Crippen molar-refractivity contribution in [3.63, 3.8) is 0 Å². The summed E-state index contributed by atoms with van der Waals surface area (Å²) >= 11 is 6.01. The highest BCUT2D eigenvalue weighted by molar-refractivity contribution is 6.33. The van der Waals surface area contributed by atoms with Gasteiger partial charge in [-0.25, -0.2) is 0 Å². The predicted octanol–water partition coefficient (Wildman–Crippen LogP) is 4.15. The fraction of sp³-hybridized carbons (Fsp3) is 0.222. The van der Waals surface area contributed by atoms with Gasteiger partial charge in [0.25, 0.3) is 5.69 Å². The molecule has 1 aliphatic carbocycles. The lowest BCUT2D eigenvalue weighted by atomic mass is 9.76. The minimum Gasteiger partial charge on any atom is -0.871 e. The van der Waals surface area contributed by atoms with Gasteiger partial charge in [0.2, 0.25) is 0 Å². The summed E-state index contributed by atoms with van der Waals surface area (Å²) in [7, 11) is 0. The van der Waals surface area contributed by atoms with Gasteiger partial charge in [0.15, 0.2) is 0 Å². The number of rotatable bonds is 2. The first-order valence-corrected chi connectivity index (χ1v) is 8.11. The molecule has 5 nitrogen and oxygen atoms in total. The number of hydrogen-bond acceptors (Lipinski definition) is 4. The number of benzene rings is 2. The van der Waals surface area contributed by atoms with E-state index in [0.29, 0.717) is 11.3 Å². The minimum absolute atomic E-state index is 0.0628. The molecule has 0 fully saturated rings. The van der Waals surface area contributed by atoms with Crippen LogP contribution in [0.1, 0.15) is 29.5 Å². The summed E-state index contributed by atoms with van der Waals surface area (Å²) in [5.74, 6) is -0.366. The van der Waals surface area contributed by atoms with Crippen molar-refractivity contribution in [2.24, 2.45) is 5.92 Å². The molecule has 0 spiro atoms. The second kappa shape index (κ2) is 5.53. The van der Waals surface area contributed by atoms with Gasteiger partial charge in [-0.05, 0) is 24.0 Å². The van der Waals surface area contributed by atoms with Crippen molar-refractivity contribution in [1.29, 1.82) is 0 Å². The first-order chi connectivity index (χ1) is 11.6. The number of nitro benzene ring substituents is 1. The van der Waals surface area contributed by atoms with Crippen LogP contribution in [-0.2, 0) is 0 Å². The molecule has 0 unspecified atom stereocenters. The van der Waals surface area contributed by atoms with Crippen molar-refractivity contribution in [3.05, 3.63) is 74.8 Å². The molecule has 0 aromatic heterocycles. The van der Waals surface area contributed by atoms with Crippen LogP contribution in [0.15, 0.2) is 48.6 Å². The van der Waals surface area contributed by atoms with Gasteiger partial charge in [0.1, 0.15) is 5.02 Å². The molecule has 0 amide bonds. The molecule has 4 rings (SSSR count). The van der Waals surface area contributed by atoms with Gasteiger partial charge in [-0.15, -0.1) is 0 Å². The highest BCUT2D eigenvalue weighted by Crippen LogP contribution is 2.55. The Balaban J connectivity index is 1.92. The lowest BCUT2D eigenvalue weighted by Crippen LogP contribution is -2.30. The number of hydrogen-bond donors (Lipinski definition) is 1. The summed E-state index contributed by atoms with van der Waals surface area (Å²) in [6.07, 6.45) is 4.79. The van der Waals surface area contributed by atoms with Gasteiger partial charge in [0, 0.05) is 11.6 Å². The molecule has 6 heteroatoms. The quantitative estimate of drug-likeness (QED) is 0.505. The molecule has 122 valence electrons. The summed E-state index contributed by atoms with van der Waals surface area (Å²) in [6, 6.07) is 10.9. The summed E-state index contributed by atoms with van der Waals surface area (Å²) in [6.45, 7) is 0. The predicted molar refractivity (Wildman–Crippen MR) is 90.3 cm³/mol. The average Bonchev–Trinajstić information content (AvgIpc) is 3.04. The number of halogens is 1. The molecule has 24 heavy (non-hydrogen) atoms. The third-order valence-electron chi connectivity index (χ3n) is 4.87. The van der Waals surface area contributed by atoms with Gasteiger partial charge >= 0.3 is 0 Å². The Morgan fingerprint density at radius 3 is 2.71 bits per heavy atom. The van der Waals surface area contributed by atoms with Crippen LogP contribution in [0.2, 0.25) is 5.02 Å². The Morgan fingerprint density at radius 2 is 2.00 bits per heavy atom. The first kappa shape index (κ1) is 15.0. The van der Waals surface area contributed by atoms with E-state index in [1.165, 1.54) is 0 Å². The molecular weight excluding hydrogens is 328 g/mol. The molecule has 1 aliphatic heterocycles. The second-order valence-corrected chi connectivity index (χ2v) is 6.54. The zero-order valence-electron chi connectivity index (χ0n) is 12.6. The fourth-order valence-corrected chi connectivity index (χ4v) is 4.14. The third-order valence-corrected chi connectivity index (χ3v) is 5.16. The van der Waals surface area contributed by atoms with E-state index in [2.05, 4.69) is 5.32 Å². The van der Waals surface area contributed by atoms with Crippen molar-refractivity contribution < 1.29 is 10.0 Å². The molecule has 0 saturated heterocycles. The molecular formula is C18H14ClN2O3-. The maximum absolute atomic E-state index is 12.4. The monoisotopic (exact) mass is 341 g/mol. The number of nitrogens with zero attached hydrogens (tertiary/aromatic N) is 1. The van der Waals surface area contributed by atoms with Crippen LogP contribution in [-0.4, -0.2) is 4.92 Å². The lowest BCUT2D eigenvalue weighted by Gasteiger charge is -2.39. The number of nitro groups is 1. The third kappa shape index (κ3) is 2.16. The van der Waals surface area contributed by atoms with E-state index in [-0.39, 0.29) is 34.3 Å². The summed E-state index contributed by atoms with van der Waals surface area (Å²) in [4.78, 5) is 11.0. The van der Waals surface area contributed by atoms with E-state index in [0.717, 1.165) is 18.1 Å². The van der Waals surface area contributed by atoms with E-state index in [1.807, 2.05) is 42.5 Å². The number of allylic oxidation sites excluding steroid dienone is 2. The Kier molecular flexibility index (Phi) is 3.46. The van der Waals surface area contributed by atoms with E-state index >= 15 is 0 Å². The number of nitrogens with one attached hydrogen (secondary N) is 1. The Bertz CT molecular complexity index is 851. The maximum Gasteiger partial charge on any atom is 0.293 e. The second-order valence-electron chi connectivity index (χ2n) is 6.14. The van der Waals surface area contributed by atoms with Crippen molar-refractivity contribution in [2.75, 3.05) is 5.32 Å². The molecule has 1 heterocycles. The van der Waals surface area contributed by atoms with Crippen molar-refractivity contribution >= 4 is 23.0 Å². The van der Waals surface area contributed by atoms with Crippen LogP contribution in [0.5, 0.6) is 5.75 Å². The SMILES string of the molecule is O=[N+]([O-])c1c(Cl)cc([O-])c2c1[C@@H]1C=CC[C@@H]1[C@@H](c1ccccc1)N2. The molecule has 2 aliphatic rings. The van der Waals surface area contributed by atoms with Gasteiger partial charge in [-0.3, -0.25) is 10.1 Å². The van der Waals surface area contributed by atoms with Crippen LogP contribution in [0.25, 0.3) is 0 Å². The standard InChI is InChI=1S/C18H15ClN2O3/c19-13-9-14(22)17-15(18(13)21(23)24)11-7-4-8-12(11)16(20-17)10-5-2-1-3-6-10/h1-7,9,11-12,16,20,22H,8H2/p-1/t11-,12+,16-/m1/s1. The first-order valence-electron chi connectivity index (χ1n) is 7.74. The van der Waals surface area contributed by atoms with Crippen LogP contribution in [0.4, 0.5) is 11.4 Å². The molecule has 0 bridgehead atoms. The van der Waals surface area contributed by atoms with Crippen molar-refractivity contribution in [2.45, 2.75) is 18.4 Å². The number of fused-ring (bicyclic) bond motifs is 3. The van der Waals surface area contributed by atoms with Crippen molar-refractivity contribution in [1.82, 2.24) is 0 Å². The summed E-state index contributed by atoms with van der Waals surface area (Å²) in [5.41, 5.74) is 1.63. The zero-order chi connectivity index (χ0) is 16.8. The van der Waals surface area contributed by atoms with Crippen LogP contribution in [0, 0.1) is 16.0 Å². The Morgan fingerprint density at radius 1 is 1.25 bits per heavy atom.